The molecular weight excluding hydrogens is 641 g/mol. The van der Waals surface area contributed by atoms with Crippen molar-refractivity contribution in [2.24, 2.45) is 5.92 Å². The van der Waals surface area contributed by atoms with Crippen LogP contribution in [0.15, 0.2) is 102 Å². The minimum Gasteiger partial charge on any atom is -0.354 e. The van der Waals surface area contributed by atoms with Gasteiger partial charge in [-0.3, -0.25) is 13.9 Å². The van der Waals surface area contributed by atoms with Gasteiger partial charge in [-0.2, -0.15) is 0 Å². The van der Waals surface area contributed by atoms with Crippen molar-refractivity contribution in [2.75, 3.05) is 17.4 Å². The van der Waals surface area contributed by atoms with E-state index in [0.29, 0.717) is 6.54 Å². The highest BCUT2D eigenvalue weighted by Crippen LogP contribution is 2.33. The quantitative estimate of drug-likeness (QED) is 0.162. The van der Waals surface area contributed by atoms with Crippen LogP contribution >= 0.6 is 23.2 Å². The van der Waals surface area contributed by atoms with Crippen LogP contribution in [0.1, 0.15) is 36.1 Å². The van der Waals surface area contributed by atoms with E-state index in [1.54, 1.807) is 18.2 Å². The number of hydrogen-bond donors (Lipinski definition) is 1. The number of carbonyl (C=O) groups is 2. The lowest BCUT2D eigenvalue weighted by Crippen LogP contribution is -2.53. The molecule has 0 bridgehead atoms. The van der Waals surface area contributed by atoms with Crippen molar-refractivity contribution >= 4 is 50.7 Å². The molecule has 0 aliphatic rings. The van der Waals surface area contributed by atoms with Crippen molar-refractivity contribution in [1.82, 2.24) is 10.2 Å². The molecule has 2 amide bonds. The first-order valence-electron chi connectivity index (χ1n) is 15.1. The summed E-state index contributed by atoms with van der Waals surface area (Å²) < 4.78 is 29.4. The Morgan fingerprint density at radius 2 is 1.50 bits per heavy atom. The summed E-state index contributed by atoms with van der Waals surface area (Å²) in [5, 5.41) is 3.36. The van der Waals surface area contributed by atoms with Crippen molar-refractivity contribution < 1.29 is 18.0 Å². The number of anilines is 1. The molecular formula is C36H39Cl2N3O4S. The Balaban J connectivity index is 1.84. The molecule has 4 rings (SSSR count). The first-order chi connectivity index (χ1) is 21.9. The molecule has 0 aliphatic heterocycles. The lowest BCUT2D eigenvalue weighted by molar-refractivity contribution is -0.140. The minimum absolute atomic E-state index is 0.0112. The number of hydrogen-bond acceptors (Lipinski definition) is 4. The van der Waals surface area contributed by atoms with E-state index in [1.807, 2.05) is 82.3 Å². The van der Waals surface area contributed by atoms with Crippen molar-refractivity contribution in [2.45, 2.75) is 51.6 Å². The molecule has 0 fully saturated rings. The first kappa shape index (κ1) is 35.0. The average molecular weight is 681 g/mol. The van der Waals surface area contributed by atoms with Crippen molar-refractivity contribution in [3.63, 3.8) is 0 Å². The Morgan fingerprint density at radius 3 is 2.15 bits per heavy atom. The van der Waals surface area contributed by atoms with Gasteiger partial charge in [-0.25, -0.2) is 8.42 Å². The van der Waals surface area contributed by atoms with E-state index in [2.05, 4.69) is 5.32 Å². The topological polar surface area (TPSA) is 86.8 Å². The maximum atomic E-state index is 14.6. The maximum absolute atomic E-state index is 14.6. The molecule has 0 saturated heterocycles. The summed E-state index contributed by atoms with van der Waals surface area (Å²) in [6, 6.07) is 26.9. The third-order valence-electron chi connectivity index (χ3n) is 7.62. The van der Waals surface area contributed by atoms with Gasteiger partial charge in [0.25, 0.3) is 10.0 Å². The van der Waals surface area contributed by atoms with Gasteiger partial charge in [-0.1, -0.05) is 109 Å². The Morgan fingerprint density at radius 1 is 0.848 bits per heavy atom. The summed E-state index contributed by atoms with van der Waals surface area (Å²) in [4.78, 5) is 30.0. The second-order valence-electron chi connectivity index (χ2n) is 11.7. The van der Waals surface area contributed by atoms with Crippen LogP contribution < -0.4 is 9.62 Å². The van der Waals surface area contributed by atoms with Gasteiger partial charge in [0.15, 0.2) is 0 Å². The molecule has 1 atom stereocenters. The molecule has 7 nitrogen and oxygen atoms in total. The second-order valence-corrected chi connectivity index (χ2v) is 14.4. The van der Waals surface area contributed by atoms with E-state index in [4.69, 9.17) is 23.2 Å². The zero-order valence-corrected chi connectivity index (χ0v) is 28.7. The monoisotopic (exact) mass is 679 g/mol. The fourth-order valence-electron chi connectivity index (χ4n) is 4.98. The number of amides is 2. The van der Waals surface area contributed by atoms with E-state index in [9.17, 15) is 18.0 Å². The standard InChI is InChI=1S/C36H39Cl2N3O4S/c1-25(2)22-39-36(43)34(20-28-11-6-5-7-12-28)40(23-29-13-9-8-10-27(29)4)35(42)24-41(33-21-30(37)16-19-32(33)38)46(44,45)31-17-14-26(3)15-18-31/h5-19,21,25,34H,20,22-24H2,1-4H3,(H,39,43)/t34-/m0/s1. The summed E-state index contributed by atoms with van der Waals surface area (Å²) in [5.74, 6) is -0.717. The Labute approximate surface area is 282 Å². The third-order valence-corrected chi connectivity index (χ3v) is 9.95. The molecule has 0 radical (unpaired) electrons. The smallest absolute Gasteiger partial charge is 0.264 e. The molecule has 4 aromatic rings. The van der Waals surface area contributed by atoms with Crippen LogP contribution in [0.25, 0.3) is 0 Å². The molecule has 4 aromatic carbocycles. The number of sulfonamides is 1. The number of benzene rings is 4. The van der Waals surface area contributed by atoms with Crippen molar-refractivity contribution in [1.29, 1.82) is 0 Å². The number of rotatable bonds is 13. The van der Waals surface area contributed by atoms with Crippen LogP contribution in [0.5, 0.6) is 0 Å². The molecule has 0 heterocycles. The summed E-state index contributed by atoms with van der Waals surface area (Å²) in [7, 11) is -4.30. The lowest BCUT2D eigenvalue weighted by Gasteiger charge is -2.34. The molecule has 0 spiro atoms. The highest BCUT2D eigenvalue weighted by molar-refractivity contribution is 7.92. The Bertz CT molecular complexity index is 1760. The van der Waals surface area contributed by atoms with Crippen LogP contribution in [0.4, 0.5) is 5.69 Å². The zero-order valence-electron chi connectivity index (χ0n) is 26.4. The first-order valence-corrected chi connectivity index (χ1v) is 17.3. The van der Waals surface area contributed by atoms with Crippen LogP contribution in [0, 0.1) is 19.8 Å². The van der Waals surface area contributed by atoms with Gasteiger partial charge < -0.3 is 10.2 Å². The van der Waals surface area contributed by atoms with Gasteiger partial charge >= 0.3 is 0 Å². The molecule has 0 unspecified atom stereocenters. The molecule has 0 aromatic heterocycles. The van der Waals surface area contributed by atoms with Crippen LogP contribution in [0.2, 0.25) is 10.0 Å². The fraction of sp³-hybridized carbons (Fsp3) is 0.278. The number of halogens is 2. The molecule has 46 heavy (non-hydrogen) atoms. The third kappa shape index (κ3) is 8.90. The summed E-state index contributed by atoms with van der Waals surface area (Å²) in [6.07, 6.45) is 0.227. The number of aryl methyl sites for hydroxylation is 2. The highest BCUT2D eigenvalue weighted by atomic mass is 35.5. The molecule has 0 aliphatic carbocycles. The predicted molar refractivity (Wildman–Crippen MR) is 186 cm³/mol. The average Bonchev–Trinajstić information content (AvgIpc) is 3.03. The van der Waals surface area contributed by atoms with E-state index < -0.39 is 28.5 Å². The van der Waals surface area contributed by atoms with E-state index in [0.717, 1.165) is 26.6 Å². The Hall–Kier alpha value is -3.85. The van der Waals surface area contributed by atoms with E-state index >= 15 is 0 Å². The normalized spacial score (nSPS) is 12.1. The summed E-state index contributed by atoms with van der Waals surface area (Å²) in [6.45, 7) is 7.65. The maximum Gasteiger partial charge on any atom is 0.264 e. The molecule has 10 heteroatoms. The van der Waals surface area contributed by atoms with Gasteiger partial charge in [-0.15, -0.1) is 0 Å². The van der Waals surface area contributed by atoms with Gasteiger partial charge in [-0.05, 0) is 66.8 Å². The lowest BCUT2D eigenvalue weighted by atomic mass is 10.0. The van der Waals surface area contributed by atoms with Gasteiger partial charge in [0, 0.05) is 24.5 Å². The van der Waals surface area contributed by atoms with Gasteiger partial charge in [0.1, 0.15) is 12.6 Å². The fourth-order valence-corrected chi connectivity index (χ4v) is 6.84. The van der Waals surface area contributed by atoms with Crippen LogP contribution in [0.3, 0.4) is 0 Å². The molecule has 0 saturated carbocycles. The minimum atomic E-state index is -4.30. The van der Waals surface area contributed by atoms with Crippen LogP contribution in [-0.4, -0.2) is 44.3 Å². The van der Waals surface area contributed by atoms with Crippen molar-refractivity contribution in [3.05, 3.63) is 129 Å². The van der Waals surface area contributed by atoms with E-state index in [1.165, 1.54) is 29.2 Å². The molecule has 242 valence electrons. The summed E-state index contributed by atoms with van der Waals surface area (Å²) >= 11 is 12.9. The van der Waals surface area contributed by atoms with Gasteiger partial charge in [0.2, 0.25) is 11.8 Å². The number of carbonyl (C=O) groups excluding carboxylic acids is 2. The largest absolute Gasteiger partial charge is 0.354 e. The highest BCUT2D eigenvalue weighted by Gasteiger charge is 2.35. The van der Waals surface area contributed by atoms with Crippen LogP contribution in [-0.2, 0) is 32.6 Å². The van der Waals surface area contributed by atoms with Gasteiger partial charge in [0.05, 0.1) is 15.6 Å². The number of nitrogens with zero attached hydrogens (tertiary/aromatic N) is 2. The Kier molecular flexibility index (Phi) is 11.9. The zero-order chi connectivity index (χ0) is 33.4. The SMILES string of the molecule is Cc1ccc(S(=O)(=O)N(CC(=O)N(Cc2ccccc2C)[C@@H](Cc2ccccc2)C(=O)NCC(C)C)c2cc(Cl)ccc2Cl)cc1. The molecule has 1 N–H and O–H groups in total. The summed E-state index contributed by atoms with van der Waals surface area (Å²) in [5.41, 5.74) is 3.56. The second kappa shape index (κ2) is 15.6. The predicted octanol–water partition coefficient (Wildman–Crippen LogP) is 7.22. The number of nitrogens with one attached hydrogen (secondary N) is 1. The van der Waals surface area contributed by atoms with Crippen molar-refractivity contribution in [3.8, 4) is 0 Å². The van der Waals surface area contributed by atoms with E-state index in [-0.39, 0.29) is 45.4 Å².